The van der Waals surface area contributed by atoms with Crippen LogP contribution in [0.5, 0.6) is 5.75 Å². The van der Waals surface area contributed by atoms with Gasteiger partial charge in [0, 0.05) is 12.6 Å². The lowest BCUT2D eigenvalue weighted by atomic mass is 9.87. The zero-order chi connectivity index (χ0) is 14.4. The van der Waals surface area contributed by atoms with Crippen molar-refractivity contribution in [2.75, 3.05) is 19.0 Å². The van der Waals surface area contributed by atoms with Crippen LogP contribution in [0.2, 0.25) is 0 Å². The van der Waals surface area contributed by atoms with Crippen molar-refractivity contribution in [3.05, 3.63) is 24.3 Å². The average molecular weight is 278 g/mol. The van der Waals surface area contributed by atoms with Crippen molar-refractivity contribution in [1.29, 1.82) is 0 Å². The Morgan fingerprint density at radius 1 is 1.30 bits per heavy atom. The van der Waals surface area contributed by atoms with Gasteiger partial charge < -0.3 is 20.5 Å². The van der Waals surface area contributed by atoms with Gasteiger partial charge in [0.2, 0.25) is 0 Å². The van der Waals surface area contributed by atoms with Crippen LogP contribution in [0.3, 0.4) is 0 Å². The van der Waals surface area contributed by atoms with Crippen LogP contribution in [-0.2, 0) is 0 Å². The topological polar surface area (TPSA) is 70.6 Å². The minimum Gasteiger partial charge on any atom is -0.495 e. The lowest BCUT2D eigenvalue weighted by Gasteiger charge is -2.28. The Labute approximate surface area is 119 Å². The first kappa shape index (κ1) is 14.7. The highest BCUT2D eigenvalue weighted by molar-refractivity contribution is 5.91. The number of benzene rings is 1. The number of methoxy groups -OCH3 is 1. The Balaban J connectivity index is 1.84. The fourth-order valence-corrected chi connectivity index (χ4v) is 2.58. The van der Waals surface area contributed by atoms with Gasteiger partial charge in [-0.15, -0.1) is 0 Å². The van der Waals surface area contributed by atoms with Crippen molar-refractivity contribution >= 4 is 11.7 Å². The lowest BCUT2D eigenvalue weighted by Crippen LogP contribution is -2.40. The zero-order valence-electron chi connectivity index (χ0n) is 11.8. The van der Waals surface area contributed by atoms with Gasteiger partial charge in [-0.2, -0.15) is 0 Å². The van der Waals surface area contributed by atoms with Gasteiger partial charge in [0.25, 0.3) is 0 Å². The summed E-state index contributed by atoms with van der Waals surface area (Å²) in [7, 11) is 1.58. The SMILES string of the molecule is COc1ccccc1NC(=O)NC1CCC(CO)CC1. The molecule has 0 aliphatic heterocycles. The van der Waals surface area contributed by atoms with Crippen molar-refractivity contribution in [2.45, 2.75) is 31.7 Å². The van der Waals surface area contributed by atoms with E-state index < -0.39 is 0 Å². The molecule has 2 rings (SSSR count). The Morgan fingerprint density at radius 3 is 2.65 bits per heavy atom. The molecule has 1 aromatic carbocycles. The number of para-hydroxylation sites is 2. The van der Waals surface area contributed by atoms with E-state index in [4.69, 9.17) is 9.84 Å². The van der Waals surface area contributed by atoms with Crippen LogP contribution in [0.15, 0.2) is 24.3 Å². The summed E-state index contributed by atoms with van der Waals surface area (Å²) in [6, 6.07) is 7.31. The monoisotopic (exact) mass is 278 g/mol. The maximum atomic E-state index is 12.0. The number of rotatable bonds is 4. The van der Waals surface area contributed by atoms with E-state index in [0.29, 0.717) is 17.4 Å². The van der Waals surface area contributed by atoms with Crippen LogP contribution in [0, 0.1) is 5.92 Å². The van der Waals surface area contributed by atoms with Crippen molar-refractivity contribution < 1.29 is 14.6 Å². The number of aliphatic hydroxyl groups is 1. The number of carbonyl (C=O) groups is 1. The molecule has 0 spiro atoms. The Hall–Kier alpha value is -1.75. The standard InChI is InChI=1S/C15H22N2O3/c1-20-14-5-3-2-4-13(14)17-15(19)16-12-8-6-11(10-18)7-9-12/h2-5,11-12,18H,6-10H2,1H3,(H2,16,17,19). The predicted molar refractivity (Wildman–Crippen MR) is 78.0 cm³/mol. The van der Waals surface area contributed by atoms with E-state index in [0.717, 1.165) is 25.7 Å². The van der Waals surface area contributed by atoms with Crippen molar-refractivity contribution in [1.82, 2.24) is 5.32 Å². The highest BCUT2D eigenvalue weighted by Gasteiger charge is 2.22. The molecule has 1 aliphatic rings. The van der Waals surface area contributed by atoms with E-state index >= 15 is 0 Å². The average Bonchev–Trinajstić information content (AvgIpc) is 2.48. The number of urea groups is 1. The molecule has 0 saturated heterocycles. The number of ether oxygens (including phenoxy) is 1. The van der Waals surface area contributed by atoms with E-state index in [9.17, 15) is 4.79 Å². The van der Waals surface area contributed by atoms with Crippen molar-refractivity contribution in [3.63, 3.8) is 0 Å². The molecular weight excluding hydrogens is 256 g/mol. The summed E-state index contributed by atoms with van der Waals surface area (Å²) in [5.74, 6) is 1.04. The summed E-state index contributed by atoms with van der Waals surface area (Å²) in [5, 5.41) is 14.9. The molecule has 0 heterocycles. The number of aliphatic hydroxyl groups excluding tert-OH is 1. The predicted octanol–water partition coefficient (Wildman–Crippen LogP) is 2.37. The summed E-state index contributed by atoms with van der Waals surface area (Å²) in [6.45, 7) is 0.250. The number of nitrogens with one attached hydrogen (secondary N) is 2. The molecular formula is C15H22N2O3. The van der Waals surface area contributed by atoms with Gasteiger partial charge in [-0.1, -0.05) is 12.1 Å². The van der Waals surface area contributed by atoms with Gasteiger partial charge in [0.1, 0.15) is 5.75 Å². The molecule has 1 aromatic rings. The smallest absolute Gasteiger partial charge is 0.319 e. The fourth-order valence-electron chi connectivity index (χ4n) is 2.58. The summed E-state index contributed by atoms with van der Waals surface area (Å²) < 4.78 is 5.19. The van der Waals surface area contributed by atoms with E-state index in [1.165, 1.54) is 0 Å². The number of hydrogen-bond acceptors (Lipinski definition) is 3. The maximum Gasteiger partial charge on any atom is 0.319 e. The largest absolute Gasteiger partial charge is 0.495 e. The van der Waals surface area contributed by atoms with Gasteiger partial charge in [-0.25, -0.2) is 4.79 Å². The highest BCUT2D eigenvalue weighted by atomic mass is 16.5. The fraction of sp³-hybridized carbons (Fsp3) is 0.533. The Bertz CT molecular complexity index is 442. The molecule has 3 N–H and O–H groups in total. The summed E-state index contributed by atoms with van der Waals surface area (Å²) in [4.78, 5) is 12.0. The van der Waals surface area contributed by atoms with Crippen molar-refractivity contribution in [3.8, 4) is 5.75 Å². The van der Waals surface area contributed by atoms with Crippen molar-refractivity contribution in [2.24, 2.45) is 5.92 Å². The molecule has 0 unspecified atom stereocenters. The van der Waals surface area contributed by atoms with Gasteiger partial charge >= 0.3 is 6.03 Å². The molecule has 0 aromatic heterocycles. The minimum absolute atomic E-state index is 0.188. The summed E-state index contributed by atoms with van der Waals surface area (Å²) in [5.41, 5.74) is 0.663. The first-order valence-corrected chi connectivity index (χ1v) is 7.04. The molecule has 20 heavy (non-hydrogen) atoms. The van der Waals surface area contributed by atoms with Crippen LogP contribution < -0.4 is 15.4 Å². The molecule has 0 radical (unpaired) electrons. The second kappa shape index (κ2) is 7.14. The Morgan fingerprint density at radius 2 is 2.00 bits per heavy atom. The van der Waals surface area contributed by atoms with Gasteiger partial charge in [-0.05, 0) is 43.7 Å². The third-order valence-electron chi connectivity index (χ3n) is 3.80. The summed E-state index contributed by atoms with van der Waals surface area (Å²) >= 11 is 0. The van der Waals surface area contributed by atoms with Gasteiger partial charge in [-0.3, -0.25) is 0 Å². The van der Waals surface area contributed by atoms with Crippen LogP contribution >= 0.6 is 0 Å². The Kier molecular flexibility index (Phi) is 5.24. The molecule has 110 valence electrons. The first-order chi connectivity index (χ1) is 9.72. The molecule has 0 bridgehead atoms. The molecule has 1 aliphatic carbocycles. The van der Waals surface area contributed by atoms with Crippen LogP contribution in [-0.4, -0.2) is 30.9 Å². The van der Waals surface area contributed by atoms with E-state index in [1.807, 2.05) is 18.2 Å². The first-order valence-electron chi connectivity index (χ1n) is 7.04. The molecule has 5 nitrogen and oxygen atoms in total. The molecule has 1 fully saturated rings. The molecule has 5 heteroatoms. The zero-order valence-corrected chi connectivity index (χ0v) is 11.8. The van der Waals surface area contributed by atoms with Gasteiger partial charge in [0.15, 0.2) is 0 Å². The number of anilines is 1. The molecule has 1 saturated carbocycles. The van der Waals surface area contributed by atoms with Gasteiger partial charge in [0.05, 0.1) is 12.8 Å². The summed E-state index contributed by atoms with van der Waals surface area (Å²) in [6.07, 6.45) is 3.78. The van der Waals surface area contributed by atoms with Crippen LogP contribution in [0.1, 0.15) is 25.7 Å². The van der Waals surface area contributed by atoms with E-state index in [1.54, 1.807) is 13.2 Å². The lowest BCUT2D eigenvalue weighted by molar-refractivity contribution is 0.176. The third-order valence-corrected chi connectivity index (χ3v) is 3.80. The number of amides is 2. The van der Waals surface area contributed by atoms with E-state index in [2.05, 4.69) is 10.6 Å². The maximum absolute atomic E-state index is 12.0. The molecule has 2 amide bonds. The number of carbonyl (C=O) groups excluding carboxylic acids is 1. The quantitative estimate of drug-likeness (QED) is 0.792. The highest BCUT2D eigenvalue weighted by Crippen LogP contribution is 2.25. The molecule has 0 atom stereocenters. The third kappa shape index (κ3) is 3.87. The normalized spacial score (nSPS) is 22.1. The van der Waals surface area contributed by atoms with Crippen LogP contribution in [0.4, 0.5) is 10.5 Å². The van der Waals surface area contributed by atoms with Crippen LogP contribution in [0.25, 0.3) is 0 Å². The minimum atomic E-state index is -0.207. The number of hydrogen-bond donors (Lipinski definition) is 3. The second-order valence-corrected chi connectivity index (χ2v) is 5.20. The second-order valence-electron chi connectivity index (χ2n) is 5.20. The van der Waals surface area contributed by atoms with E-state index in [-0.39, 0.29) is 18.7 Å².